The Labute approximate surface area is 115 Å². The van der Waals surface area contributed by atoms with E-state index in [-0.39, 0.29) is 11.3 Å². The summed E-state index contributed by atoms with van der Waals surface area (Å²) in [4.78, 5) is 12.3. The fourth-order valence-electron chi connectivity index (χ4n) is 2.96. The van der Waals surface area contributed by atoms with Crippen molar-refractivity contribution in [3.8, 4) is 0 Å². The molecule has 0 spiro atoms. The Kier molecular flexibility index (Phi) is 4.59. The van der Waals surface area contributed by atoms with Crippen molar-refractivity contribution in [1.82, 2.24) is 5.32 Å². The van der Waals surface area contributed by atoms with E-state index in [1.807, 2.05) is 30.3 Å². The van der Waals surface area contributed by atoms with Crippen LogP contribution in [0.5, 0.6) is 0 Å². The van der Waals surface area contributed by atoms with Gasteiger partial charge < -0.3 is 10.4 Å². The van der Waals surface area contributed by atoms with E-state index in [0.29, 0.717) is 6.54 Å². The lowest BCUT2D eigenvalue weighted by atomic mass is 9.82. The molecule has 0 heterocycles. The van der Waals surface area contributed by atoms with Crippen LogP contribution in [0.1, 0.15) is 50.7 Å². The minimum absolute atomic E-state index is 0.113. The van der Waals surface area contributed by atoms with E-state index in [9.17, 15) is 9.90 Å². The lowest BCUT2D eigenvalue weighted by Crippen LogP contribution is -2.40. The second kappa shape index (κ2) is 6.20. The van der Waals surface area contributed by atoms with Gasteiger partial charge in [0.25, 0.3) is 0 Å². The number of rotatable bonds is 5. The number of benzene rings is 1. The van der Waals surface area contributed by atoms with Crippen molar-refractivity contribution in [1.29, 1.82) is 0 Å². The Hall–Kier alpha value is -1.35. The highest BCUT2D eigenvalue weighted by molar-refractivity contribution is 5.82. The van der Waals surface area contributed by atoms with E-state index in [2.05, 4.69) is 12.2 Å². The number of aliphatic hydroxyl groups is 1. The third-order valence-corrected chi connectivity index (χ3v) is 4.36. The number of hydrogen-bond donors (Lipinski definition) is 2. The van der Waals surface area contributed by atoms with Crippen LogP contribution in [0.2, 0.25) is 0 Å². The van der Waals surface area contributed by atoms with Crippen LogP contribution >= 0.6 is 0 Å². The summed E-state index contributed by atoms with van der Waals surface area (Å²) < 4.78 is 0. The molecule has 2 rings (SSSR count). The zero-order valence-corrected chi connectivity index (χ0v) is 11.6. The van der Waals surface area contributed by atoms with Crippen molar-refractivity contribution in [2.24, 2.45) is 5.41 Å². The normalized spacial score (nSPS) is 19.1. The summed E-state index contributed by atoms with van der Waals surface area (Å²) in [5, 5.41) is 13.0. The van der Waals surface area contributed by atoms with Crippen LogP contribution in [0.3, 0.4) is 0 Å². The maximum Gasteiger partial charge on any atom is 0.226 e. The lowest BCUT2D eigenvalue weighted by Gasteiger charge is -2.26. The molecule has 1 aliphatic rings. The van der Waals surface area contributed by atoms with Gasteiger partial charge in [-0.25, -0.2) is 0 Å². The molecule has 104 valence electrons. The number of aliphatic hydroxyl groups excluding tert-OH is 1. The van der Waals surface area contributed by atoms with Crippen LogP contribution in [0.15, 0.2) is 30.3 Å². The average molecular weight is 261 g/mol. The first-order valence-corrected chi connectivity index (χ1v) is 7.19. The predicted molar refractivity (Wildman–Crippen MR) is 75.6 cm³/mol. The third-order valence-electron chi connectivity index (χ3n) is 4.36. The maximum atomic E-state index is 12.3. The standard InChI is InChI=1S/C16H23NO2/c1-2-16(10-6-7-11-16)15(19)17-12-14(18)13-8-4-3-5-9-13/h3-5,8-9,14,18H,2,6-7,10-12H2,1H3,(H,17,19). The Morgan fingerprint density at radius 3 is 2.53 bits per heavy atom. The zero-order valence-electron chi connectivity index (χ0n) is 11.6. The summed E-state index contributed by atoms with van der Waals surface area (Å²) in [6.07, 6.45) is 4.51. The van der Waals surface area contributed by atoms with Crippen LogP contribution in [0, 0.1) is 5.41 Å². The van der Waals surface area contributed by atoms with Crippen molar-refractivity contribution >= 4 is 5.91 Å². The molecule has 0 aromatic heterocycles. The Balaban J connectivity index is 1.90. The minimum atomic E-state index is -0.625. The van der Waals surface area contributed by atoms with E-state index in [1.54, 1.807) is 0 Å². The van der Waals surface area contributed by atoms with Gasteiger partial charge in [-0.15, -0.1) is 0 Å². The monoisotopic (exact) mass is 261 g/mol. The molecule has 0 saturated heterocycles. The SMILES string of the molecule is CCC1(C(=O)NCC(O)c2ccccc2)CCCC1. The second-order valence-electron chi connectivity index (χ2n) is 5.48. The van der Waals surface area contributed by atoms with Crippen LogP contribution in [0.25, 0.3) is 0 Å². The van der Waals surface area contributed by atoms with Gasteiger partial charge >= 0.3 is 0 Å². The zero-order chi connectivity index (χ0) is 13.7. The van der Waals surface area contributed by atoms with Gasteiger partial charge in [-0.3, -0.25) is 4.79 Å². The molecule has 0 aliphatic heterocycles. The van der Waals surface area contributed by atoms with Crippen LogP contribution in [0.4, 0.5) is 0 Å². The molecule has 2 N–H and O–H groups in total. The summed E-state index contributed by atoms with van der Waals surface area (Å²) in [6.45, 7) is 2.38. The third kappa shape index (κ3) is 3.16. The summed E-state index contributed by atoms with van der Waals surface area (Å²) in [6, 6.07) is 9.46. The van der Waals surface area contributed by atoms with Gasteiger partial charge in [0.2, 0.25) is 5.91 Å². The first-order chi connectivity index (χ1) is 9.18. The highest BCUT2D eigenvalue weighted by atomic mass is 16.3. The summed E-state index contributed by atoms with van der Waals surface area (Å²) in [5.74, 6) is 0.113. The van der Waals surface area contributed by atoms with Crippen LogP contribution < -0.4 is 5.32 Å². The molecule has 1 atom stereocenters. The molecular weight excluding hydrogens is 238 g/mol. The molecule has 3 nitrogen and oxygen atoms in total. The molecule has 1 saturated carbocycles. The largest absolute Gasteiger partial charge is 0.387 e. The molecule has 19 heavy (non-hydrogen) atoms. The molecule has 3 heteroatoms. The smallest absolute Gasteiger partial charge is 0.226 e. The van der Waals surface area contributed by atoms with Crippen molar-refractivity contribution in [2.75, 3.05) is 6.54 Å². The highest BCUT2D eigenvalue weighted by Crippen LogP contribution is 2.41. The summed E-state index contributed by atoms with van der Waals surface area (Å²) >= 11 is 0. The Bertz CT molecular complexity index is 410. The fraction of sp³-hybridized carbons (Fsp3) is 0.562. The number of carbonyl (C=O) groups excluding carboxylic acids is 1. The fourth-order valence-corrected chi connectivity index (χ4v) is 2.96. The molecule has 1 aliphatic carbocycles. The summed E-state index contributed by atoms with van der Waals surface area (Å²) in [5.41, 5.74) is 0.663. The second-order valence-corrected chi connectivity index (χ2v) is 5.48. The van der Waals surface area contributed by atoms with Gasteiger partial charge in [-0.1, -0.05) is 50.1 Å². The van der Waals surface area contributed by atoms with Crippen molar-refractivity contribution in [3.63, 3.8) is 0 Å². The van der Waals surface area contributed by atoms with Gasteiger partial charge in [0.05, 0.1) is 6.10 Å². The molecule has 1 aromatic carbocycles. The number of nitrogens with one attached hydrogen (secondary N) is 1. The first-order valence-electron chi connectivity index (χ1n) is 7.19. The highest BCUT2D eigenvalue weighted by Gasteiger charge is 2.39. The molecule has 1 unspecified atom stereocenters. The van der Waals surface area contributed by atoms with E-state index in [4.69, 9.17) is 0 Å². The van der Waals surface area contributed by atoms with Gasteiger partial charge in [0.1, 0.15) is 0 Å². The van der Waals surface area contributed by atoms with Crippen molar-refractivity contribution in [2.45, 2.75) is 45.1 Å². The molecule has 0 radical (unpaired) electrons. The van der Waals surface area contributed by atoms with Crippen molar-refractivity contribution < 1.29 is 9.90 Å². The Morgan fingerprint density at radius 2 is 1.95 bits per heavy atom. The van der Waals surface area contributed by atoms with Crippen molar-refractivity contribution in [3.05, 3.63) is 35.9 Å². The van der Waals surface area contributed by atoms with E-state index < -0.39 is 6.10 Å². The lowest BCUT2D eigenvalue weighted by molar-refractivity contribution is -0.131. The first kappa shape index (κ1) is 14.1. The van der Waals surface area contributed by atoms with E-state index in [1.165, 1.54) is 0 Å². The topological polar surface area (TPSA) is 49.3 Å². The number of amides is 1. The Morgan fingerprint density at radius 1 is 1.32 bits per heavy atom. The minimum Gasteiger partial charge on any atom is -0.387 e. The molecule has 0 bridgehead atoms. The van der Waals surface area contributed by atoms with Crippen LogP contribution in [-0.2, 0) is 4.79 Å². The molecule has 1 amide bonds. The van der Waals surface area contributed by atoms with Crippen LogP contribution in [-0.4, -0.2) is 17.6 Å². The molecule has 1 aromatic rings. The number of hydrogen-bond acceptors (Lipinski definition) is 2. The molecular formula is C16H23NO2. The summed E-state index contributed by atoms with van der Waals surface area (Å²) in [7, 11) is 0. The van der Waals surface area contributed by atoms with Gasteiger partial charge in [-0.05, 0) is 24.8 Å². The van der Waals surface area contributed by atoms with Gasteiger partial charge in [0, 0.05) is 12.0 Å². The van der Waals surface area contributed by atoms with E-state index >= 15 is 0 Å². The average Bonchev–Trinajstić information content (AvgIpc) is 2.95. The predicted octanol–water partition coefficient (Wildman–Crippen LogP) is 2.81. The molecule has 1 fully saturated rings. The van der Waals surface area contributed by atoms with Gasteiger partial charge in [-0.2, -0.15) is 0 Å². The maximum absolute atomic E-state index is 12.3. The quantitative estimate of drug-likeness (QED) is 0.856. The number of carbonyl (C=O) groups is 1. The van der Waals surface area contributed by atoms with Gasteiger partial charge in [0.15, 0.2) is 0 Å². The van der Waals surface area contributed by atoms with E-state index in [0.717, 1.165) is 37.7 Å².